The summed E-state index contributed by atoms with van der Waals surface area (Å²) in [7, 11) is 0. The predicted octanol–water partition coefficient (Wildman–Crippen LogP) is 4.39. The van der Waals surface area contributed by atoms with E-state index in [4.69, 9.17) is 21.1 Å². The maximum Gasteiger partial charge on any atom is 0.255 e. The number of carbonyl (C=O) groups is 1. The molecule has 0 saturated carbocycles. The lowest BCUT2D eigenvalue weighted by Gasteiger charge is -2.19. The van der Waals surface area contributed by atoms with Gasteiger partial charge < -0.3 is 14.8 Å². The predicted molar refractivity (Wildman–Crippen MR) is 90.6 cm³/mol. The summed E-state index contributed by atoms with van der Waals surface area (Å²) in [5, 5.41) is 3.30. The highest BCUT2D eigenvalue weighted by atomic mass is 35.5. The number of halogens is 1. The zero-order chi connectivity index (χ0) is 16.4. The first kappa shape index (κ1) is 15.7. The molecule has 0 aliphatic carbocycles. The van der Waals surface area contributed by atoms with Crippen LogP contribution < -0.4 is 14.8 Å². The zero-order valence-electron chi connectivity index (χ0n) is 13.1. The van der Waals surface area contributed by atoms with Crippen LogP contribution in [0.15, 0.2) is 42.5 Å². The molecule has 0 saturated heterocycles. The van der Waals surface area contributed by atoms with E-state index in [1.807, 2.05) is 12.1 Å². The molecule has 2 aromatic rings. The lowest BCUT2D eigenvalue weighted by molar-refractivity contribution is 0.102. The van der Waals surface area contributed by atoms with Crippen LogP contribution in [0.5, 0.6) is 11.5 Å². The minimum atomic E-state index is -0.243. The summed E-state index contributed by atoms with van der Waals surface area (Å²) in [5.41, 5.74) is 0.998. The molecule has 0 atom stereocenters. The van der Waals surface area contributed by atoms with Crippen LogP contribution in [0.4, 0.5) is 5.69 Å². The molecule has 2 aromatic carbocycles. The van der Waals surface area contributed by atoms with Crippen molar-refractivity contribution in [3.63, 3.8) is 0 Å². The maximum atomic E-state index is 12.4. The second-order valence-corrected chi connectivity index (χ2v) is 6.74. The number of fused-ring (bicyclic) bond motifs is 1. The number of nitrogens with one attached hydrogen (secondary N) is 1. The first-order chi connectivity index (χ1) is 10.9. The largest absolute Gasteiger partial charge is 0.489 e. The second-order valence-electron chi connectivity index (χ2n) is 6.34. The molecule has 1 N–H and O–H groups in total. The topological polar surface area (TPSA) is 47.6 Å². The minimum absolute atomic E-state index is 0.0704. The van der Waals surface area contributed by atoms with Gasteiger partial charge in [-0.2, -0.15) is 0 Å². The quantitative estimate of drug-likeness (QED) is 0.887. The van der Waals surface area contributed by atoms with Crippen molar-refractivity contribution in [2.24, 2.45) is 5.41 Å². The van der Waals surface area contributed by atoms with Crippen molar-refractivity contribution in [3.8, 4) is 11.5 Å². The SMILES string of the molecule is CC1(C)COc2ccc(C(=O)Nc3ccccc3Cl)cc2OC1. The maximum absolute atomic E-state index is 12.4. The van der Waals surface area contributed by atoms with Crippen molar-refractivity contribution in [1.29, 1.82) is 0 Å². The van der Waals surface area contributed by atoms with Gasteiger partial charge in [-0.25, -0.2) is 0 Å². The molecule has 0 bridgehead atoms. The van der Waals surface area contributed by atoms with Crippen LogP contribution in [0.1, 0.15) is 24.2 Å². The third kappa shape index (κ3) is 3.59. The third-order valence-electron chi connectivity index (χ3n) is 3.56. The van der Waals surface area contributed by atoms with E-state index in [2.05, 4.69) is 19.2 Å². The van der Waals surface area contributed by atoms with Crippen molar-refractivity contribution in [2.45, 2.75) is 13.8 Å². The minimum Gasteiger partial charge on any atom is -0.489 e. The first-order valence-electron chi connectivity index (χ1n) is 7.40. The van der Waals surface area contributed by atoms with Crippen LogP contribution in [-0.2, 0) is 0 Å². The number of para-hydroxylation sites is 1. The third-order valence-corrected chi connectivity index (χ3v) is 3.89. The van der Waals surface area contributed by atoms with Crippen molar-refractivity contribution in [2.75, 3.05) is 18.5 Å². The number of rotatable bonds is 2. The van der Waals surface area contributed by atoms with Gasteiger partial charge in [0.1, 0.15) is 0 Å². The van der Waals surface area contributed by atoms with Crippen LogP contribution in [0.2, 0.25) is 5.02 Å². The fourth-order valence-corrected chi connectivity index (χ4v) is 2.41. The van der Waals surface area contributed by atoms with Crippen molar-refractivity contribution in [1.82, 2.24) is 0 Å². The molecule has 0 unspecified atom stereocenters. The molecule has 1 aliphatic heterocycles. The van der Waals surface area contributed by atoms with Crippen LogP contribution in [0.3, 0.4) is 0 Å². The molecule has 1 heterocycles. The summed E-state index contributed by atoms with van der Waals surface area (Å²) in [6.45, 7) is 5.26. The van der Waals surface area contributed by atoms with Crippen LogP contribution in [0, 0.1) is 5.41 Å². The average Bonchev–Trinajstić information content (AvgIpc) is 2.68. The van der Waals surface area contributed by atoms with Crippen LogP contribution in [-0.4, -0.2) is 19.1 Å². The highest BCUT2D eigenvalue weighted by molar-refractivity contribution is 6.33. The smallest absolute Gasteiger partial charge is 0.255 e. The lowest BCUT2D eigenvalue weighted by atomic mass is 9.97. The van der Waals surface area contributed by atoms with E-state index in [-0.39, 0.29) is 11.3 Å². The number of ether oxygens (including phenoxy) is 2. The van der Waals surface area contributed by atoms with Gasteiger partial charge in [0.25, 0.3) is 5.91 Å². The number of benzene rings is 2. The molecule has 3 rings (SSSR count). The molecular weight excluding hydrogens is 314 g/mol. The Labute approximate surface area is 140 Å². The Kier molecular flexibility index (Phi) is 4.18. The number of amides is 1. The van der Waals surface area contributed by atoms with Crippen LogP contribution in [0.25, 0.3) is 0 Å². The van der Waals surface area contributed by atoms with E-state index in [0.29, 0.717) is 41.0 Å². The second kappa shape index (κ2) is 6.13. The number of hydrogen-bond acceptors (Lipinski definition) is 3. The normalized spacial score (nSPS) is 15.6. The van der Waals surface area contributed by atoms with E-state index in [9.17, 15) is 4.79 Å². The van der Waals surface area contributed by atoms with Gasteiger partial charge in [0.2, 0.25) is 0 Å². The van der Waals surface area contributed by atoms with E-state index < -0.39 is 0 Å². The molecule has 0 aromatic heterocycles. The highest BCUT2D eigenvalue weighted by Crippen LogP contribution is 2.34. The van der Waals surface area contributed by atoms with Gasteiger partial charge in [-0.15, -0.1) is 0 Å². The molecule has 1 amide bonds. The first-order valence-corrected chi connectivity index (χ1v) is 7.78. The summed E-state index contributed by atoms with van der Waals surface area (Å²) < 4.78 is 11.6. The zero-order valence-corrected chi connectivity index (χ0v) is 13.8. The van der Waals surface area contributed by atoms with Gasteiger partial charge in [-0.3, -0.25) is 4.79 Å². The molecule has 5 heteroatoms. The summed E-state index contributed by atoms with van der Waals surface area (Å²) in [4.78, 5) is 12.4. The molecule has 23 heavy (non-hydrogen) atoms. The van der Waals surface area contributed by atoms with E-state index in [0.717, 1.165) is 0 Å². The molecule has 0 radical (unpaired) electrons. The Balaban J connectivity index is 1.81. The summed E-state index contributed by atoms with van der Waals surface area (Å²) in [6.07, 6.45) is 0. The van der Waals surface area contributed by atoms with Gasteiger partial charge in [-0.05, 0) is 30.3 Å². The highest BCUT2D eigenvalue weighted by Gasteiger charge is 2.25. The van der Waals surface area contributed by atoms with Gasteiger partial charge in [0.15, 0.2) is 11.5 Å². The van der Waals surface area contributed by atoms with E-state index in [1.165, 1.54) is 0 Å². The van der Waals surface area contributed by atoms with Gasteiger partial charge in [0.05, 0.1) is 23.9 Å². The number of anilines is 1. The van der Waals surface area contributed by atoms with Crippen molar-refractivity contribution < 1.29 is 14.3 Å². The number of hydrogen-bond donors (Lipinski definition) is 1. The van der Waals surface area contributed by atoms with Crippen LogP contribution >= 0.6 is 11.6 Å². The molecular formula is C18H18ClNO3. The molecule has 0 spiro atoms. The monoisotopic (exact) mass is 331 g/mol. The molecule has 1 aliphatic rings. The summed E-state index contributed by atoms with van der Waals surface area (Å²) in [6, 6.07) is 12.3. The van der Waals surface area contributed by atoms with Crippen molar-refractivity contribution >= 4 is 23.2 Å². The van der Waals surface area contributed by atoms with Gasteiger partial charge in [-0.1, -0.05) is 37.6 Å². The molecule has 120 valence electrons. The Morgan fingerprint density at radius 2 is 1.78 bits per heavy atom. The fraction of sp³-hybridized carbons (Fsp3) is 0.278. The van der Waals surface area contributed by atoms with Gasteiger partial charge >= 0.3 is 0 Å². The fourth-order valence-electron chi connectivity index (χ4n) is 2.23. The molecule has 4 nitrogen and oxygen atoms in total. The average molecular weight is 332 g/mol. The van der Waals surface area contributed by atoms with E-state index >= 15 is 0 Å². The molecule has 0 fully saturated rings. The summed E-state index contributed by atoms with van der Waals surface area (Å²) in [5.74, 6) is 1.00. The Morgan fingerprint density at radius 3 is 2.52 bits per heavy atom. The number of carbonyl (C=O) groups excluding carboxylic acids is 1. The Bertz CT molecular complexity index is 743. The Morgan fingerprint density at radius 1 is 1.09 bits per heavy atom. The lowest BCUT2D eigenvalue weighted by Crippen LogP contribution is -2.26. The van der Waals surface area contributed by atoms with Gasteiger partial charge in [0, 0.05) is 11.0 Å². The standard InChI is InChI=1S/C18H18ClNO3/c1-18(2)10-22-15-8-7-12(9-16(15)23-11-18)17(21)20-14-6-4-3-5-13(14)19/h3-9H,10-11H2,1-2H3,(H,20,21). The summed E-state index contributed by atoms with van der Waals surface area (Å²) >= 11 is 6.06. The van der Waals surface area contributed by atoms with Crippen molar-refractivity contribution in [3.05, 3.63) is 53.1 Å². The Hall–Kier alpha value is -2.20. The van der Waals surface area contributed by atoms with E-state index in [1.54, 1.807) is 30.3 Å².